The lowest BCUT2D eigenvalue weighted by Gasteiger charge is -2.01. The SMILES string of the molecule is NC(N)=NCCCOCCCN=C(N)N. The fourth-order valence-electron chi connectivity index (χ4n) is 0.852. The van der Waals surface area contributed by atoms with Crippen LogP contribution in [0, 0.1) is 0 Å². The molecule has 0 radical (unpaired) electrons. The summed E-state index contributed by atoms with van der Waals surface area (Å²) in [5.41, 5.74) is 20.6. The van der Waals surface area contributed by atoms with E-state index in [4.69, 9.17) is 27.7 Å². The van der Waals surface area contributed by atoms with E-state index < -0.39 is 0 Å². The molecule has 0 saturated heterocycles. The zero-order chi connectivity index (χ0) is 11.5. The van der Waals surface area contributed by atoms with Gasteiger partial charge in [0, 0.05) is 26.3 Å². The summed E-state index contributed by atoms with van der Waals surface area (Å²) >= 11 is 0. The van der Waals surface area contributed by atoms with Gasteiger partial charge in [0.1, 0.15) is 0 Å². The predicted molar refractivity (Wildman–Crippen MR) is 61.4 cm³/mol. The quantitative estimate of drug-likeness (QED) is 0.218. The number of hydrogen-bond donors (Lipinski definition) is 4. The van der Waals surface area contributed by atoms with Gasteiger partial charge in [-0.25, -0.2) is 0 Å². The predicted octanol–water partition coefficient (Wildman–Crippen LogP) is -1.67. The fourth-order valence-corrected chi connectivity index (χ4v) is 0.852. The second kappa shape index (κ2) is 9.07. The molecule has 0 spiro atoms. The number of nitrogens with two attached hydrogens (primary N) is 4. The zero-order valence-electron chi connectivity index (χ0n) is 8.85. The third-order valence-electron chi connectivity index (χ3n) is 1.48. The standard InChI is InChI=1S/C8H20N6O/c9-7(10)13-3-1-5-15-6-2-4-14-8(11)12/h1-6H2,(H4,9,10,13)(H4,11,12,14). The van der Waals surface area contributed by atoms with E-state index in [0.29, 0.717) is 26.3 Å². The van der Waals surface area contributed by atoms with E-state index in [0.717, 1.165) is 12.8 Å². The second-order valence-corrected chi connectivity index (χ2v) is 2.93. The van der Waals surface area contributed by atoms with Crippen molar-refractivity contribution in [2.24, 2.45) is 32.9 Å². The first kappa shape index (κ1) is 13.5. The first-order chi connectivity index (χ1) is 7.13. The van der Waals surface area contributed by atoms with E-state index in [9.17, 15) is 0 Å². The summed E-state index contributed by atoms with van der Waals surface area (Å²) in [6, 6.07) is 0. The van der Waals surface area contributed by atoms with Gasteiger partial charge < -0.3 is 27.7 Å². The van der Waals surface area contributed by atoms with Crippen LogP contribution in [0.5, 0.6) is 0 Å². The fraction of sp³-hybridized carbons (Fsp3) is 0.750. The van der Waals surface area contributed by atoms with Crippen LogP contribution in [-0.4, -0.2) is 38.2 Å². The van der Waals surface area contributed by atoms with Crippen molar-refractivity contribution in [2.75, 3.05) is 26.3 Å². The van der Waals surface area contributed by atoms with Crippen molar-refractivity contribution in [3.05, 3.63) is 0 Å². The van der Waals surface area contributed by atoms with Crippen molar-refractivity contribution in [3.63, 3.8) is 0 Å². The lowest BCUT2D eigenvalue weighted by Crippen LogP contribution is -2.23. The minimum atomic E-state index is 0.114. The largest absolute Gasteiger partial charge is 0.381 e. The van der Waals surface area contributed by atoms with Crippen molar-refractivity contribution in [1.82, 2.24) is 0 Å². The van der Waals surface area contributed by atoms with Gasteiger partial charge in [-0.2, -0.15) is 0 Å². The maximum absolute atomic E-state index is 5.30. The number of nitrogens with zero attached hydrogens (tertiary/aromatic N) is 2. The summed E-state index contributed by atoms with van der Waals surface area (Å²) in [6.07, 6.45) is 1.61. The Morgan fingerprint density at radius 1 is 0.800 bits per heavy atom. The molecule has 8 N–H and O–H groups in total. The highest BCUT2D eigenvalue weighted by Crippen LogP contribution is 1.87. The molecule has 0 atom stereocenters. The van der Waals surface area contributed by atoms with Gasteiger partial charge >= 0.3 is 0 Å². The molecule has 0 unspecified atom stereocenters. The average Bonchev–Trinajstić information content (AvgIpc) is 2.14. The van der Waals surface area contributed by atoms with E-state index in [-0.39, 0.29) is 11.9 Å². The second-order valence-electron chi connectivity index (χ2n) is 2.93. The van der Waals surface area contributed by atoms with Crippen LogP contribution in [0.2, 0.25) is 0 Å². The Hall–Kier alpha value is -1.50. The van der Waals surface area contributed by atoms with E-state index in [1.807, 2.05) is 0 Å². The summed E-state index contributed by atoms with van der Waals surface area (Å²) in [5, 5.41) is 0. The topological polar surface area (TPSA) is 138 Å². The molecule has 0 heterocycles. The Morgan fingerprint density at radius 3 is 1.53 bits per heavy atom. The molecule has 0 aromatic rings. The lowest BCUT2D eigenvalue weighted by atomic mass is 10.4. The van der Waals surface area contributed by atoms with Gasteiger partial charge in [-0.15, -0.1) is 0 Å². The number of ether oxygens (including phenoxy) is 1. The molecule has 0 rings (SSSR count). The first-order valence-electron chi connectivity index (χ1n) is 4.81. The van der Waals surface area contributed by atoms with Gasteiger partial charge in [-0.3, -0.25) is 9.98 Å². The summed E-state index contributed by atoms with van der Waals surface area (Å²) in [5.74, 6) is 0.227. The van der Waals surface area contributed by atoms with Crippen molar-refractivity contribution in [1.29, 1.82) is 0 Å². The number of rotatable bonds is 8. The Morgan fingerprint density at radius 2 is 1.20 bits per heavy atom. The highest BCUT2D eigenvalue weighted by Gasteiger charge is 1.89. The number of guanidine groups is 2. The molecule has 0 saturated carbocycles. The molecule has 15 heavy (non-hydrogen) atoms. The van der Waals surface area contributed by atoms with Crippen LogP contribution in [-0.2, 0) is 4.74 Å². The summed E-state index contributed by atoms with van der Waals surface area (Å²) in [6.45, 7) is 2.46. The van der Waals surface area contributed by atoms with Gasteiger partial charge in [-0.1, -0.05) is 0 Å². The maximum Gasteiger partial charge on any atom is 0.185 e. The summed E-state index contributed by atoms with van der Waals surface area (Å²) < 4.78 is 5.30. The highest BCUT2D eigenvalue weighted by molar-refractivity contribution is 5.75. The van der Waals surface area contributed by atoms with Crippen LogP contribution in [0.3, 0.4) is 0 Å². The smallest absolute Gasteiger partial charge is 0.185 e. The third kappa shape index (κ3) is 12.5. The molecule has 7 heteroatoms. The van der Waals surface area contributed by atoms with E-state index in [2.05, 4.69) is 9.98 Å². The molecule has 0 aromatic heterocycles. The maximum atomic E-state index is 5.30. The Balaban J connectivity index is 3.12. The van der Waals surface area contributed by atoms with Crippen molar-refractivity contribution < 1.29 is 4.74 Å². The number of aliphatic imine (C=N–C) groups is 2. The number of hydrogen-bond acceptors (Lipinski definition) is 3. The van der Waals surface area contributed by atoms with Crippen LogP contribution < -0.4 is 22.9 Å². The lowest BCUT2D eigenvalue weighted by molar-refractivity contribution is 0.132. The van der Waals surface area contributed by atoms with Gasteiger partial charge in [-0.05, 0) is 12.8 Å². The third-order valence-corrected chi connectivity index (χ3v) is 1.48. The molecule has 0 amide bonds. The summed E-state index contributed by atoms with van der Waals surface area (Å²) in [7, 11) is 0. The van der Waals surface area contributed by atoms with Gasteiger partial charge in [0.25, 0.3) is 0 Å². The van der Waals surface area contributed by atoms with Crippen LogP contribution in [0.4, 0.5) is 0 Å². The van der Waals surface area contributed by atoms with E-state index in [1.54, 1.807) is 0 Å². The van der Waals surface area contributed by atoms with E-state index in [1.165, 1.54) is 0 Å². The van der Waals surface area contributed by atoms with Gasteiger partial charge in [0.05, 0.1) is 0 Å². The van der Waals surface area contributed by atoms with Crippen molar-refractivity contribution in [2.45, 2.75) is 12.8 Å². The Bertz CT molecular complexity index is 185. The first-order valence-corrected chi connectivity index (χ1v) is 4.81. The van der Waals surface area contributed by atoms with Crippen LogP contribution >= 0.6 is 0 Å². The van der Waals surface area contributed by atoms with Gasteiger partial charge in [0.2, 0.25) is 0 Å². The van der Waals surface area contributed by atoms with E-state index >= 15 is 0 Å². The Kier molecular flexibility index (Phi) is 8.16. The summed E-state index contributed by atoms with van der Waals surface area (Å²) in [4.78, 5) is 7.64. The normalized spacial score (nSPS) is 9.60. The van der Waals surface area contributed by atoms with Crippen molar-refractivity contribution in [3.8, 4) is 0 Å². The molecule has 0 fully saturated rings. The minimum absolute atomic E-state index is 0.114. The van der Waals surface area contributed by atoms with Crippen LogP contribution in [0.1, 0.15) is 12.8 Å². The molecular weight excluding hydrogens is 196 g/mol. The molecule has 0 aliphatic rings. The average molecular weight is 216 g/mol. The Labute approximate surface area is 89.6 Å². The zero-order valence-corrected chi connectivity index (χ0v) is 8.85. The molecule has 0 aliphatic carbocycles. The molecule has 0 aliphatic heterocycles. The molecule has 7 nitrogen and oxygen atoms in total. The highest BCUT2D eigenvalue weighted by atomic mass is 16.5. The van der Waals surface area contributed by atoms with Gasteiger partial charge in [0.15, 0.2) is 11.9 Å². The van der Waals surface area contributed by atoms with Crippen LogP contribution in [0.25, 0.3) is 0 Å². The molecule has 0 bridgehead atoms. The monoisotopic (exact) mass is 216 g/mol. The molecule has 0 aromatic carbocycles. The van der Waals surface area contributed by atoms with Crippen molar-refractivity contribution >= 4 is 11.9 Å². The molecular formula is C8H20N6O. The molecule has 88 valence electrons. The minimum Gasteiger partial charge on any atom is -0.381 e. The van der Waals surface area contributed by atoms with Crippen LogP contribution in [0.15, 0.2) is 9.98 Å².